The molecule has 19 heavy (non-hydrogen) atoms. The number of carbonyl (C=O) groups is 1. The zero-order valence-electron chi connectivity index (χ0n) is 10.6. The van der Waals surface area contributed by atoms with Crippen LogP contribution in [-0.4, -0.2) is 10.9 Å². The predicted octanol–water partition coefficient (Wildman–Crippen LogP) is 3.26. The van der Waals surface area contributed by atoms with Gasteiger partial charge in [0.2, 0.25) is 5.91 Å². The van der Waals surface area contributed by atoms with E-state index in [0.717, 1.165) is 15.6 Å². The van der Waals surface area contributed by atoms with Gasteiger partial charge in [0.05, 0.1) is 12.5 Å². The standard InChI is InChI=1S/C15H15BrN2O/c1-11(13-4-6-14(16)7-5-13)18-15(19)9-12-3-2-8-17-10-12/h2-8,10-11H,9H2,1H3,(H,18,19). The highest BCUT2D eigenvalue weighted by Crippen LogP contribution is 2.16. The molecule has 0 aliphatic heterocycles. The molecule has 0 spiro atoms. The second-order valence-electron chi connectivity index (χ2n) is 4.38. The maximum atomic E-state index is 11.9. The number of rotatable bonds is 4. The summed E-state index contributed by atoms with van der Waals surface area (Å²) in [5, 5.41) is 2.98. The van der Waals surface area contributed by atoms with Gasteiger partial charge < -0.3 is 5.32 Å². The largest absolute Gasteiger partial charge is 0.349 e. The molecule has 1 aromatic carbocycles. The van der Waals surface area contributed by atoms with Crippen LogP contribution in [0.5, 0.6) is 0 Å². The highest BCUT2D eigenvalue weighted by atomic mass is 79.9. The topological polar surface area (TPSA) is 42.0 Å². The molecule has 1 unspecified atom stereocenters. The first-order valence-corrected chi connectivity index (χ1v) is 6.88. The normalized spacial score (nSPS) is 11.9. The Morgan fingerprint density at radius 1 is 1.32 bits per heavy atom. The summed E-state index contributed by atoms with van der Waals surface area (Å²) in [6.45, 7) is 1.98. The number of halogens is 1. The van der Waals surface area contributed by atoms with E-state index in [2.05, 4.69) is 26.2 Å². The summed E-state index contributed by atoms with van der Waals surface area (Å²) in [6, 6.07) is 11.7. The Balaban J connectivity index is 1.93. The number of carbonyl (C=O) groups excluding carboxylic acids is 1. The van der Waals surface area contributed by atoms with E-state index >= 15 is 0 Å². The molecule has 0 aliphatic rings. The van der Waals surface area contributed by atoms with Gasteiger partial charge in [0, 0.05) is 16.9 Å². The zero-order chi connectivity index (χ0) is 13.7. The summed E-state index contributed by atoms with van der Waals surface area (Å²) in [4.78, 5) is 15.9. The minimum atomic E-state index is -0.00253. The summed E-state index contributed by atoms with van der Waals surface area (Å²) >= 11 is 3.40. The number of hydrogen-bond acceptors (Lipinski definition) is 2. The highest BCUT2D eigenvalue weighted by molar-refractivity contribution is 9.10. The molecule has 3 nitrogen and oxygen atoms in total. The number of hydrogen-bond donors (Lipinski definition) is 1. The van der Waals surface area contributed by atoms with Crippen molar-refractivity contribution in [1.29, 1.82) is 0 Å². The molecule has 98 valence electrons. The molecule has 0 saturated heterocycles. The van der Waals surface area contributed by atoms with E-state index in [1.54, 1.807) is 12.4 Å². The predicted molar refractivity (Wildman–Crippen MR) is 78.6 cm³/mol. The molecule has 0 aliphatic carbocycles. The van der Waals surface area contributed by atoms with Gasteiger partial charge in [-0.05, 0) is 36.2 Å². The molecule has 0 fully saturated rings. The lowest BCUT2D eigenvalue weighted by molar-refractivity contribution is -0.121. The van der Waals surface area contributed by atoms with Gasteiger partial charge in [-0.1, -0.05) is 34.1 Å². The quantitative estimate of drug-likeness (QED) is 0.940. The van der Waals surface area contributed by atoms with Gasteiger partial charge >= 0.3 is 0 Å². The van der Waals surface area contributed by atoms with Crippen LogP contribution in [-0.2, 0) is 11.2 Å². The first-order valence-electron chi connectivity index (χ1n) is 6.09. The minimum absolute atomic E-state index is 0.00253. The van der Waals surface area contributed by atoms with Gasteiger partial charge in [-0.2, -0.15) is 0 Å². The molecule has 0 saturated carbocycles. The summed E-state index contributed by atoms with van der Waals surface area (Å²) < 4.78 is 1.03. The molecular weight excluding hydrogens is 304 g/mol. The summed E-state index contributed by atoms with van der Waals surface area (Å²) in [5.74, 6) is 0.00317. The average Bonchev–Trinajstić information content (AvgIpc) is 2.40. The summed E-state index contributed by atoms with van der Waals surface area (Å²) in [5.41, 5.74) is 2.01. The summed E-state index contributed by atoms with van der Waals surface area (Å²) in [6.07, 6.45) is 3.77. The minimum Gasteiger partial charge on any atom is -0.349 e. The van der Waals surface area contributed by atoms with E-state index in [9.17, 15) is 4.79 Å². The fourth-order valence-corrected chi connectivity index (χ4v) is 2.08. The second-order valence-corrected chi connectivity index (χ2v) is 5.29. The Morgan fingerprint density at radius 3 is 2.68 bits per heavy atom. The fourth-order valence-electron chi connectivity index (χ4n) is 1.82. The van der Waals surface area contributed by atoms with Crippen molar-refractivity contribution in [2.24, 2.45) is 0 Å². The van der Waals surface area contributed by atoms with Crippen LogP contribution in [0.1, 0.15) is 24.1 Å². The van der Waals surface area contributed by atoms with Crippen LogP contribution in [0, 0.1) is 0 Å². The van der Waals surface area contributed by atoms with E-state index in [4.69, 9.17) is 0 Å². The van der Waals surface area contributed by atoms with Crippen LogP contribution < -0.4 is 5.32 Å². The van der Waals surface area contributed by atoms with Gasteiger partial charge in [0.25, 0.3) is 0 Å². The van der Waals surface area contributed by atoms with E-state index in [1.807, 2.05) is 43.3 Å². The van der Waals surface area contributed by atoms with Crippen molar-refractivity contribution in [2.75, 3.05) is 0 Å². The molecule has 1 aromatic heterocycles. The maximum Gasteiger partial charge on any atom is 0.224 e. The van der Waals surface area contributed by atoms with E-state index in [-0.39, 0.29) is 11.9 Å². The molecule has 1 atom stereocenters. The van der Waals surface area contributed by atoms with Crippen LogP contribution in [0.4, 0.5) is 0 Å². The third-order valence-electron chi connectivity index (χ3n) is 2.83. The molecule has 1 N–H and O–H groups in total. The highest BCUT2D eigenvalue weighted by Gasteiger charge is 2.09. The average molecular weight is 319 g/mol. The second kappa shape index (κ2) is 6.48. The van der Waals surface area contributed by atoms with E-state index in [0.29, 0.717) is 6.42 Å². The molecule has 4 heteroatoms. The van der Waals surface area contributed by atoms with Crippen LogP contribution in [0.3, 0.4) is 0 Å². The Hall–Kier alpha value is -1.68. The first-order chi connectivity index (χ1) is 9.15. The molecular formula is C15H15BrN2O. The number of pyridine rings is 1. The van der Waals surface area contributed by atoms with Crippen LogP contribution in [0.15, 0.2) is 53.3 Å². The van der Waals surface area contributed by atoms with Crippen LogP contribution in [0.25, 0.3) is 0 Å². The summed E-state index contributed by atoms with van der Waals surface area (Å²) in [7, 11) is 0. The maximum absolute atomic E-state index is 11.9. The van der Waals surface area contributed by atoms with Crippen molar-refractivity contribution in [1.82, 2.24) is 10.3 Å². The van der Waals surface area contributed by atoms with Gasteiger partial charge in [-0.15, -0.1) is 0 Å². The zero-order valence-corrected chi connectivity index (χ0v) is 12.2. The number of amides is 1. The van der Waals surface area contributed by atoms with Crippen molar-refractivity contribution in [3.8, 4) is 0 Å². The number of nitrogens with one attached hydrogen (secondary N) is 1. The Kier molecular flexibility index (Phi) is 4.68. The number of benzene rings is 1. The Morgan fingerprint density at radius 2 is 2.05 bits per heavy atom. The Bertz CT molecular complexity index is 540. The Labute approximate surface area is 121 Å². The first kappa shape index (κ1) is 13.7. The fraction of sp³-hybridized carbons (Fsp3) is 0.200. The molecule has 2 rings (SSSR count). The van der Waals surface area contributed by atoms with Crippen LogP contribution in [0.2, 0.25) is 0 Å². The van der Waals surface area contributed by atoms with Crippen LogP contribution >= 0.6 is 15.9 Å². The third kappa shape index (κ3) is 4.17. The van der Waals surface area contributed by atoms with Gasteiger partial charge in [-0.25, -0.2) is 0 Å². The molecule has 1 heterocycles. The van der Waals surface area contributed by atoms with Crippen molar-refractivity contribution in [3.63, 3.8) is 0 Å². The van der Waals surface area contributed by atoms with Gasteiger partial charge in [0.15, 0.2) is 0 Å². The SMILES string of the molecule is CC(NC(=O)Cc1cccnc1)c1ccc(Br)cc1. The third-order valence-corrected chi connectivity index (χ3v) is 3.36. The van der Waals surface area contributed by atoms with E-state index < -0.39 is 0 Å². The number of aromatic nitrogens is 1. The van der Waals surface area contributed by atoms with Gasteiger partial charge in [0.1, 0.15) is 0 Å². The van der Waals surface area contributed by atoms with Crippen molar-refractivity contribution in [2.45, 2.75) is 19.4 Å². The number of nitrogens with zero attached hydrogens (tertiary/aromatic N) is 1. The lowest BCUT2D eigenvalue weighted by Crippen LogP contribution is -2.28. The molecule has 0 bridgehead atoms. The smallest absolute Gasteiger partial charge is 0.224 e. The lowest BCUT2D eigenvalue weighted by atomic mass is 10.1. The van der Waals surface area contributed by atoms with Crippen molar-refractivity contribution in [3.05, 3.63) is 64.4 Å². The van der Waals surface area contributed by atoms with Gasteiger partial charge in [-0.3, -0.25) is 9.78 Å². The molecule has 1 amide bonds. The van der Waals surface area contributed by atoms with Crippen molar-refractivity contribution < 1.29 is 4.79 Å². The van der Waals surface area contributed by atoms with E-state index in [1.165, 1.54) is 0 Å². The molecule has 0 radical (unpaired) electrons. The monoisotopic (exact) mass is 318 g/mol. The lowest BCUT2D eigenvalue weighted by Gasteiger charge is -2.14. The van der Waals surface area contributed by atoms with Crippen molar-refractivity contribution >= 4 is 21.8 Å². The molecule has 2 aromatic rings.